The molecule has 3 rings (SSSR count). The van der Waals surface area contributed by atoms with Crippen molar-refractivity contribution in [2.75, 3.05) is 12.9 Å². The molecule has 4 nitrogen and oxygen atoms in total. The van der Waals surface area contributed by atoms with Crippen LogP contribution in [0.3, 0.4) is 0 Å². The molecular weight excluding hydrogens is 376 g/mol. The van der Waals surface area contributed by atoms with E-state index in [1.165, 1.54) is 11.3 Å². The lowest BCUT2D eigenvalue weighted by Crippen LogP contribution is -2.13. The van der Waals surface area contributed by atoms with Gasteiger partial charge in [0.05, 0.1) is 11.8 Å². The Balaban J connectivity index is 1.72. The molecule has 1 heterocycles. The lowest BCUT2D eigenvalue weighted by Gasteiger charge is -2.03. The molecule has 0 spiro atoms. The number of hydrogen-bond donors (Lipinski definition) is 0. The lowest BCUT2D eigenvalue weighted by molar-refractivity contribution is -0.117. The van der Waals surface area contributed by atoms with Gasteiger partial charge in [0.15, 0.2) is 4.80 Å². The number of para-hydroxylation sites is 1. The van der Waals surface area contributed by atoms with Crippen LogP contribution in [0.25, 0.3) is 10.2 Å². The third-order valence-electron chi connectivity index (χ3n) is 3.62. The van der Waals surface area contributed by atoms with Crippen LogP contribution in [0.2, 0.25) is 5.02 Å². The lowest BCUT2D eigenvalue weighted by atomic mass is 10.3. The smallest absolute Gasteiger partial charge is 0.249 e. The van der Waals surface area contributed by atoms with E-state index in [1.54, 1.807) is 18.9 Å². The minimum absolute atomic E-state index is 0.123. The number of fused-ring (bicyclic) bond motifs is 1. The van der Waals surface area contributed by atoms with Crippen molar-refractivity contribution in [3.8, 4) is 5.75 Å². The van der Waals surface area contributed by atoms with Gasteiger partial charge in [0.2, 0.25) is 5.91 Å². The average Bonchev–Trinajstić information content (AvgIpc) is 2.92. The molecule has 25 heavy (non-hydrogen) atoms. The molecule has 0 unspecified atom stereocenters. The monoisotopic (exact) mass is 392 g/mol. The number of aromatic nitrogens is 1. The van der Waals surface area contributed by atoms with Crippen LogP contribution < -0.4 is 9.54 Å². The first-order valence-corrected chi connectivity index (χ1v) is 9.85. The number of carbonyl (C=O) groups excluding carboxylic acids is 1. The van der Waals surface area contributed by atoms with Gasteiger partial charge in [-0.1, -0.05) is 29.0 Å². The van der Waals surface area contributed by atoms with Crippen molar-refractivity contribution in [1.29, 1.82) is 0 Å². The van der Waals surface area contributed by atoms with Gasteiger partial charge >= 0.3 is 0 Å². The third kappa shape index (κ3) is 4.26. The Morgan fingerprint density at radius 2 is 2.04 bits per heavy atom. The Bertz CT molecular complexity index is 961. The van der Waals surface area contributed by atoms with Crippen molar-refractivity contribution in [3.05, 3.63) is 52.3 Å². The van der Waals surface area contributed by atoms with E-state index >= 15 is 0 Å². The fourth-order valence-electron chi connectivity index (χ4n) is 2.39. The number of thioether (sulfide) groups is 1. The summed E-state index contributed by atoms with van der Waals surface area (Å²) in [6.45, 7) is 0. The topological polar surface area (TPSA) is 43.6 Å². The first-order valence-electron chi connectivity index (χ1n) is 7.67. The minimum Gasteiger partial charge on any atom is -0.495 e. The minimum atomic E-state index is -0.123. The summed E-state index contributed by atoms with van der Waals surface area (Å²) < 4.78 is 8.35. The Labute approximate surface area is 159 Å². The predicted molar refractivity (Wildman–Crippen MR) is 105 cm³/mol. The molecule has 0 N–H and O–H groups in total. The van der Waals surface area contributed by atoms with Crippen LogP contribution in [-0.4, -0.2) is 23.3 Å². The van der Waals surface area contributed by atoms with Gasteiger partial charge < -0.3 is 9.30 Å². The molecule has 7 heteroatoms. The summed E-state index contributed by atoms with van der Waals surface area (Å²) in [6, 6.07) is 13.4. The van der Waals surface area contributed by atoms with Crippen molar-refractivity contribution < 1.29 is 9.53 Å². The first-order chi connectivity index (χ1) is 12.1. The Morgan fingerprint density at radius 1 is 1.28 bits per heavy atom. The van der Waals surface area contributed by atoms with Gasteiger partial charge in [0.25, 0.3) is 0 Å². The quantitative estimate of drug-likeness (QED) is 0.600. The number of amides is 1. The molecule has 0 aliphatic carbocycles. The van der Waals surface area contributed by atoms with Crippen molar-refractivity contribution in [3.63, 3.8) is 0 Å². The zero-order valence-electron chi connectivity index (χ0n) is 13.9. The van der Waals surface area contributed by atoms with E-state index in [4.69, 9.17) is 16.3 Å². The molecule has 1 aromatic heterocycles. The summed E-state index contributed by atoms with van der Waals surface area (Å²) in [5, 5.41) is 0.711. The number of halogens is 1. The second-order valence-corrected chi connectivity index (χ2v) is 7.92. The maximum absolute atomic E-state index is 12.2. The fourth-order valence-corrected chi connectivity index (χ4v) is 4.41. The van der Waals surface area contributed by atoms with Crippen LogP contribution in [0, 0.1) is 0 Å². The van der Waals surface area contributed by atoms with Gasteiger partial charge in [-0.2, -0.15) is 4.99 Å². The molecule has 0 bridgehead atoms. The standard InChI is InChI=1S/C18H17ClN2O2S2/c1-21-17-14(23-2)4-3-5-15(17)25-18(21)20-16(22)10-11-24-13-8-6-12(19)7-9-13/h3-9H,10-11H2,1-2H3. The second-order valence-electron chi connectivity index (χ2n) is 5.31. The number of aryl methyl sites for hydroxylation is 1. The summed E-state index contributed by atoms with van der Waals surface area (Å²) in [4.78, 5) is 18.2. The zero-order chi connectivity index (χ0) is 17.8. The van der Waals surface area contributed by atoms with E-state index in [1.807, 2.05) is 54.1 Å². The molecule has 2 aromatic carbocycles. The van der Waals surface area contributed by atoms with Crippen LogP contribution in [0.1, 0.15) is 6.42 Å². The summed E-state index contributed by atoms with van der Waals surface area (Å²) in [6.07, 6.45) is 0.388. The highest BCUT2D eigenvalue weighted by Gasteiger charge is 2.09. The first kappa shape index (κ1) is 18.0. The van der Waals surface area contributed by atoms with E-state index in [2.05, 4.69) is 4.99 Å². The van der Waals surface area contributed by atoms with Crippen LogP contribution in [0.4, 0.5) is 0 Å². The highest BCUT2D eigenvalue weighted by molar-refractivity contribution is 7.99. The Hall–Kier alpha value is -1.76. The molecule has 0 fully saturated rings. The number of ether oxygens (including phenoxy) is 1. The second kappa shape index (κ2) is 8.08. The normalized spacial score (nSPS) is 11.9. The van der Waals surface area contributed by atoms with Crippen molar-refractivity contribution >= 4 is 50.8 Å². The van der Waals surface area contributed by atoms with E-state index in [-0.39, 0.29) is 5.91 Å². The van der Waals surface area contributed by atoms with Crippen molar-refractivity contribution in [2.45, 2.75) is 11.3 Å². The predicted octanol–water partition coefficient (Wildman–Crippen LogP) is 4.51. The number of benzene rings is 2. The molecule has 0 radical (unpaired) electrons. The molecule has 0 aliphatic heterocycles. The van der Waals surface area contributed by atoms with Gasteiger partial charge in [-0.25, -0.2) is 0 Å². The van der Waals surface area contributed by atoms with E-state index in [0.717, 1.165) is 20.9 Å². The van der Waals surface area contributed by atoms with Gasteiger partial charge in [0.1, 0.15) is 11.3 Å². The Morgan fingerprint density at radius 3 is 2.76 bits per heavy atom. The number of nitrogens with zero attached hydrogens (tertiary/aromatic N) is 2. The van der Waals surface area contributed by atoms with E-state index in [9.17, 15) is 4.79 Å². The summed E-state index contributed by atoms with van der Waals surface area (Å²) >= 11 is 8.98. The highest BCUT2D eigenvalue weighted by atomic mass is 35.5. The van der Waals surface area contributed by atoms with Gasteiger partial charge in [0, 0.05) is 29.1 Å². The summed E-state index contributed by atoms with van der Waals surface area (Å²) in [7, 11) is 3.54. The highest BCUT2D eigenvalue weighted by Crippen LogP contribution is 2.26. The van der Waals surface area contributed by atoms with Crippen LogP contribution in [0.5, 0.6) is 5.75 Å². The molecule has 0 aliphatic rings. The van der Waals surface area contributed by atoms with Crippen molar-refractivity contribution in [2.24, 2.45) is 12.0 Å². The van der Waals surface area contributed by atoms with Crippen LogP contribution in [-0.2, 0) is 11.8 Å². The zero-order valence-corrected chi connectivity index (χ0v) is 16.2. The largest absolute Gasteiger partial charge is 0.495 e. The van der Waals surface area contributed by atoms with Gasteiger partial charge in [-0.15, -0.1) is 11.8 Å². The fraction of sp³-hybridized carbons (Fsp3) is 0.222. The maximum atomic E-state index is 12.2. The SMILES string of the molecule is COc1cccc2sc(=NC(=O)CCSc3ccc(Cl)cc3)n(C)c12. The van der Waals surface area contributed by atoms with Crippen LogP contribution in [0.15, 0.2) is 52.4 Å². The number of thiazole rings is 1. The average molecular weight is 393 g/mol. The molecule has 3 aromatic rings. The molecular formula is C18H17ClN2O2S2. The molecule has 0 saturated carbocycles. The maximum Gasteiger partial charge on any atom is 0.249 e. The van der Waals surface area contributed by atoms with Crippen molar-refractivity contribution in [1.82, 2.24) is 4.57 Å². The number of methoxy groups -OCH3 is 1. The summed E-state index contributed by atoms with van der Waals surface area (Å²) in [5.41, 5.74) is 0.956. The molecule has 0 saturated heterocycles. The molecule has 130 valence electrons. The number of rotatable bonds is 5. The molecule has 1 amide bonds. The summed E-state index contributed by atoms with van der Waals surface area (Å²) in [5.74, 6) is 1.34. The van der Waals surface area contributed by atoms with Gasteiger partial charge in [-0.05, 0) is 36.4 Å². The third-order valence-corrected chi connectivity index (χ3v) is 5.99. The Kier molecular flexibility index (Phi) is 5.83. The number of carbonyl (C=O) groups is 1. The molecule has 0 atom stereocenters. The van der Waals surface area contributed by atoms with Crippen LogP contribution >= 0.6 is 34.7 Å². The van der Waals surface area contributed by atoms with E-state index < -0.39 is 0 Å². The van der Waals surface area contributed by atoms with E-state index in [0.29, 0.717) is 22.0 Å². The number of hydrogen-bond acceptors (Lipinski definition) is 4. The van der Waals surface area contributed by atoms with Gasteiger partial charge in [-0.3, -0.25) is 4.79 Å².